The van der Waals surface area contributed by atoms with Crippen LogP contribution >= 0.6 is 11.3 Å². The summed E-state index contributed by atoms with van der Waals surface area (Å²) < 4.78 is 28.6. The number of aromatic nitrogens is 1. The largest absolute Gasteiger partial charge is 0.478 e. The van der Waals surface area contributed by atoms with Gasteiger partial charge >= 0.3 is 5.97 Å². The molecule has 2 fully saturated rings. The van der Waals surface area contributed by atoms with Gasteiger partial charge in [0.25, 0.3) is 10.0 Å². The first-order valence-electron chi connectivity index (χ1n) is 11.1. The Morgan fingerprint density at radius 2 is 2.00 bits per heavy atom. The van der Waals surface area contributed by atoms with Gasteiger partial charge in [0.2, 0.25) is 0 Å². The van der Waals surface area contributed by atoms with Crippen LogP contribution in [0, 0.1) is 17.8 Å². The van der Waals surface area contributed by atoms with Gasteiger partial charge in [-0.15, -0.1) is 11.3 Å². The summed E-state index contributed by atoms with van der Waals surface area (Å²) in [6.45, 7) is 0. The number of anilines is 2. The summed E-state index contributed by atoms with van der Waals surface area (Å²) in [5.41, 5.74) is 3.25. The number of carbonyl (C=O) groups is 1. The molecule has 33 heavy (non-hydrogen) atoms. The van der Waals surface area contributed by atoms with Crippen molar-refractivity contribution in [2.45, 2.75) is 36.1 Å². The van der Waals surface area contributed by atoms with Gasteiger partial charge in [-0.25, -0.2) is 18.2 Å². The molecule has 1 aliphatic heterocycles. The molecular formula is C24H23N3O4S2. The highest BCUT2D eigenvalue weighted by Gasteiger charge is 2.54. The van der Waals surface area contributed by atoms with Crippen LogP contribution in [0.5, 0.6) is 0 Å². The maximum absolute atomic E-state index is 13.0. The first-order valence-corrected chi connectivity index (χ1v) is 13.4. The van der Waals surface area contributed by atoms with Crippen molar-refractivity contribution in [3.63, 3.8) is 0 Å². The molecule has 3 aliphatic rings. The van der Waals surface area contributed by atoms with Crippen molar-refractivity contribution in [1.82, 2.24) is 4.98 Å². The lowest BCUT2D eigenvalue weighted by Crippen LogP contribution is -2.35. The second-order valence-corrected chi connectivity index (χ2v) is 11.8. The topological polar surface area (TPSA) is 108 Å². The van der Waals surface area contributed by atoms with Crippen LogP contribution in [-0.4, -0.2) is 24.5 Å². The Kier molecular flexibility index (Phi) is 4.74. The van der Waals surface area contributed by atoms with Gasteiger partial charge in [-0.3, -0.25) is 4.72 Å². The summed E-state index contributed by atoms with van der Waals surface area (Å²) in [4.78, 5) is 15.8. The molecule has 0 unspecified atom stereocenters. The van der Waals surface area contributed by atoms with E-state index in [2.05, 4.69) is 15.0 Å². The lowest BCUT2D eigenvalue weighted by Gasteiger charge is -2.43. The summed E-state index contributed by atoms with van der Waals surface area (Å²) in [6, 6.07) is 12.5. The average molecular weight is 482 g/mol. The molecule has 2 saturated carbocycles. The minimum atomic E-state index is -3.73. The molecule has 5 atom stereocenters. The van der Waals surface area contributed by atoms with Crippen LogP contribution in [-0.2, 0) is 10.0 Å². The maximum Gasteiger partial charge on any atom is 0.335 e. The molecule has 7 nitrogen and oxygen atoms in total. The van der Waals surface area contributed by atoms with Crippen molar-refractivity contribution in [1.29, 1.82) is 0 Å². The molecule has 0 amide bonds. The number of nitrogens with zero attached hydrogens (tertiary/aromatic N) is 1. The van der Waals surface area contributed by atoms with Gasteiger partial charge in [0.1, 0.15) is 0 Å². The first-order chi connectivity index (χ1) is 15.9. The highest BCUT2D eigenvalue weighted by Crippen LogP contribution is 2.63. The molecule has 2 aromatic carbocycles. The molecule has 0 spiro atoms. The Balaban J connectivity index is 1.41. The van der Waals surface area contributed by atoms with Gasteiger partial charge in [-0.05, 0) is 84.4 Å². The first kappa shape index (κ1) is 20.7. The van der Waals surface area contributed by atoms with Crippen LogP contribution in [0.2, 0.25) is 0 Å². The normalized spacial score (nSPS) is 27.5. The monoisotopic (exact) mass is 481 g/mol. The molecular weight excluding hydrogens is 458 g/mol. The van der Waals surface area contributed by atoms with Gasteiger partial charge in [0, 0.05) is 17.3 Å². The molecule has 0 radical (unpaired) electrons. The highest BCUT2D eigenvalue weighted by molar-refractivity contribution is 7.93. The number of fused-ring (bicyclic) bond motifs is 7. The van der Waals surface area contributed by atoms with Crippen molar-refractivity contribution in [3.05, 3.63) is 70.7 Å². The third kappa shape index (κ3) is 3.41. The van der Waals surface area contributed by atoms with Crippen molar-refractivity contribution in [3.8, 4) is 0 Å². The number of sulfonamides is 1. The minimum Gasteiger partial charge on any atom is -0.478 e. The number of aromatic carboxylic acids is 1. The number of carboxylic acids is 1. The zero-order chi connectivity index (χ0) is 22.7. The van der Waals surface area contributed by atoms with Crippen molar-refractivity contribution in [2.24, 2.45) is 17.8 Å². The van der Waals surface area contributed by atoms with Gasteiger partial charge in [-0.1, -0.05) is 12.1 Å². The van der Waals surface area contributed by atoms with Gasteiger partial charge in [0.15, 0.2) is 5.13 Å². The van der Waals surface area contributed by atoms with E-state index in [0.29, 0.717) is 22.9 Å². The number of nitrogens with one attached hydrogen (secondary N) is 2. The molecule has 3 N–H and O–H groups in total. The Morgan fingerprint density at radius 3 is 2.79 bits per heavy atom. The van der Waals surface area contributed by atoms with Crippen LogP contribution in [0.3, 0.4) is 0 Å². The number of hydrogen-bond donors (Lipinski definition) is 3. The maximum atomic E-state index is 13.0. The molecule has 0 saturated heterocycles. The molecule has 2 aliphatic carbocycles. The van der Waals surface area contributed by atoms with Crippen LogP contribution in [0.1, 0.15) is 52.7 Å². The average Bonchev–Trinajstić information content (AvgIpc) is 3.56. The van der Waals surface area contributed by atoms with E-state index in [1.54, 1.807) is 35.8 Å². The van der Waals surface area contributed by atoms with Gasteiger partial charge in [-0.2, -0.15) is 0 Å². The van der Waals surface area contributed by atoms with Crippen molar-refractivity contribution >= 4 is 38.1 Å². The third-order valence-electron chi connectivity index (χ3n) is 7.52. The summed E-state index contributed by atoms with van der Waals surface area (Å²) in [6.07, 6.45) is 5.03. The molecule has 2 heterocycles. The molecule has 3 aromatic rings. The molecule has 9 heteroatoms. The number of hydrogen-bond acceptors (Lipinski definition) is 6. The zero-order valence-corrected chi connectivity index (χ0v) is 19.3. The summed E-state index contributed by atoms with van der Waals surface area (Å²) in [7, 11) is -3.73. The fourth-order valence-corrected chi connectivity index (χ4v) is 8.10. The minimum absolute atomic E-state index is 0.00741. The molecule has 6 rings (SSSR count). The van der Waals surface area contributed by atoms with Crippen molar-refractivity contribution < 1.29 is 18.3 Å². The predicted octanol–water partition coefficient (Wildman–Crippen LogP) is 4.94. The molecule has 2 bridgehead atoms. The highest BCUT2D eigenvalue weighted by atomic mass is 32.2. The summed E-state index contributed by atoms with van der Waals surface area (Å²) >= 11 is 1.24. The number of rotatable bonds is 5. The lowest BCUT2D eigenvalue weighted by atomic mass is 9.68. The Labute approximate surface area is 195 Å². The molecule has 170 valence electrons. The second-order valence-electron chi connectivity index (χ2n) is 9.18. The second kappa shape index (κ2) is 7.56. The SMILES string of the molecule is O=C(O)c1cccc([C@@H]2Nc3ccc(S(=O)(=O)Nc4nccs4)cc3[C@@H]3[C@H]4CC[C@@H](C4)[C@H]32)c1. The van der Waals surface area contributed by atoms with E-state index in [0.717, 1.165) is 29.7 Å². The Morgan fingerprint density at radius 1 is 1.15 bits per heavy atom. The van der Waals surface area contributed by atoms with E-state index in [1.165, 1.54) is 17.8 Å². The van der Waals surface area contributed by atoms with Crippen LogP contribution in [0.4, 0.5) is 10.8 Å². The fraction of sp³-hybridized carbons (Fsp3) is 0.333. The molecule has 1 aromatic heterocycles. The number of benzene rings is 2. The van der Waals surface area contributed by atoms with E-state index in [1.807, 2.05) is 18.2 Å². The van der Waals surface area contributed by atoms with E-state index in [-0.39, 0.29) is 22.4 Å². The smallest absolute Gasteiger partial charge is 0.335 e. The van der Waals surface area contributed by atoms with E-state index in [4.69, 9.17) is 0 Å². The van der Waals surface area contributed by atoms with Crippen LogP contribution < -0.4 is 10.0 Å². The lowest BCUT2D eigenvalue weighted by molar-refractivity contribution is 0.0696. The van der Waals surface area contributed by atoms with Crippen molar-refractivity contribution in [2.75, 3.05) is 10.0 Å². The standard InChI is InChI=1S/C24H23N3O4S2/c28-23(29)16-3-1-2-15(11-16)22-21-14-5-4-13(10-14)20(21)18-12-17(6-7-19(18)26-22)33(30,31)27-24-25-8-9-32-24/h1-3,6-9,11-14,20-22,26H,4-5,10H2,(H,25,27)(H,28,29)/t13-,14-,20-,21+,22-/m0/s1. The van der Waals surface area contributed by atoms with Crippen LogP contribution in [0.15, 0.2) is 58.9 Å². The third-order valence-corrected chi connectivity index (χ3v) is 9.67. The van der Waals surface area contributed by atoms with Gasteiger partial charge < -0.3 is 10.4 Å². The predicted molar refractivity (Wildman–Crippen MR) is 126 cm³/mol. The van der Waals surface area contributed by atoms with Crippen LogP contribution in [0.25, 0.3) is 0 Å². The Bertz CT molecular complexity index is 1340. The number of thiazole rings is 1. The van der Waals surface area contributed by atoms with E-state index in [9.17, 15) is 18.3 Å². The zero-order valence-electron chi connectivity index (χ0n) is 17.6. The quantitative estimate of drug-likeness (QED) is 0.476. The summed E-state index contributed by atoms with van der Waals surface area (Å²) in [5, 5.41) is 15.2. The fourth-order valence-electron chi connectivity index (χ4n) is 6.27. The Hall–Kier alpha value is -2.91. The summed E-state index contributed by atoms with van der Waals surface area (Å²) in [5.74, 6) is 0.711. The van der Waals surface area contributed by atoms with E-state index >= 15 is 0 Å². The number of carboxylic acid groups (broad SMARTS) is 1. The van der Waals surface area contributed by atoms with Gasteiger partial charge in [0.05, 0.1) is 16.5 Å². The van der Waals surface area contributed by atoms with E-state index < -0.39 is 16.0 Å².